The van der Waals surface area contributed by atoms with Gasteiger partial charge in [0, 0.05) is 9.64 Å². The van der Waals surface area contributed by atoms with Crippen molar-refractivity contribution in [1.82, 2.24) is 0 Å². The average Bonchev–Trinajstić information content (AvgIpc) is 2.39. The monoisotopic (exact) mass is 388 g/mol. The highest BCUT2D eigenvalue weighted by molar-refractivity contribution is 14.1. The summed E-state index contributed by atoms with van der Waals surface area (Å²) < 4.78 is 27.4. The topological polar surface area (TPSA) is 55.1 Å². The Labute approximate surface area is 128 Å². The number of nitrogen functional groups attached to an aromatic ring is 1. The van der Waals surface area contributed by atoms with Gasteiger partial charge in [0.1, 0.15) is 11.6 Å². The molecule has 0 heterocycles. The number of nitrogens with two attached hydrogens (primary N) is 1. The minimum absolute atomic E-state index is 0.147. The van der Waals surface area contributed by atoms with E-state index in [0.29, 0.717) is 11.6 Å². The van der Waals surface area contributed by atoms with E-state index in [4.69, 9.17) is 5.73 Å². The predicted octanol–water partition coefficient (Wildman–Crippen LogP) is 3.71. The largest absolute Gasteiger partial charge is 0.396 e. The number of anilines is 2. The summed E-state index contributed by atoms with van der Waals surface area (Å²) in [7, 11) is 0. The van der Waals surface area contributed by atoms with E-state index in [1.807, 2.05) is 35.6 Å². The summed E-state index contributed by atoms with van der Waals surface area (Å²) in [5.41, 5.74) is 6.36. The van der Waals surface area contributed by atoms with E-state index in [9.17, 15) is 13.6 Å². The lowest BCUT2D eigenvalue weighted by atomic mass is 10.1. The molecule has 0 aliphatic carbocycles. The molecule has 0 unspecified atom stereocenters. The summed E-state index contributed by atoms with van der Waals surface area (Å²) in [5.74, 6) is -2.19. The van der Waals surface area contributed by atoms with Gasteiger partial charge < -0.3 is 11.1 Å². The van der Waals surface area contributed by atoms with E-state index in [-0.39, 0.29) is 11.4 Å². The molecule has 2 aromatic rings. The average molecular weight is 388 g/mol. The number of aryl methyl sites for hydroxylation is 1. The van der Waals surface area contributed by atoms with Gasteiger partial charge in [-0.1, -0.05) is 12.1 Å². The third kappa shape index (κ3) is 2.90. The van der Waals surface area contributed by atoms with Crippen LogP contribution in [0.4, 0.5) is 20.2 Å². The normalized spacial score (nSPS) is 10.4. The number of hydrogen-bond donors (Lipinski definition) is 2. The van der Waals surface area contributed by atoms with Crippen LogP contribution in [0.5, 0.6) is 0 Å². The van der Waals surface area contributed by atoms with Crippen LogP contribution in [0.25, 0.3) is 0 Å². The number of halogens is 3. The highest BCUT2D eigenvalue weighted by Gasteiger charge is 2.15. The van der Waals surface area contributed by atoms with Crippen molar-refractivity contribution < 1.29 is 13.6 Å². The molecule has 104 valence electrons. The van der Waals surface area contributed by atoms with Crippen molar-refractivity contribution in [3.05, 3.63) is 56.7 Å². The Morgan fingerprint density at radius 1 is 1.25 bits per heavy atom. The van der Waals surface area contributed by atoms with Gasteiger partial charge in [-0.3, -0.25) is 4.79 Å². The van der Waals surface area contributed by atoms with E-state index < -0.39 is 17.5 Å². The van der Waals surface area contributed by atoms with Gasteiger partial charge in [-0.15, -0.1) is 0 Å². The predicted molar refractivity (Wildman–Crippen MR) is 82.6 cm³/mol. The van der Waals surface area contributed by atoms with Crippen LogP contribution in [0.2, 0.25) is 0 Å². The van der Waals surface area contributed by atoms with Crippen molar-refractivity contribution in [2.45, 2.75) is 6.92 Å². The van der Waals surface area contributed by atoms with E-state index >= 15 is 0 Å². The number of carbonyl (C=O) groups excluding carboxylic acids is 1. The van der Waals surface area contributed by atoms with Gasteiger partial charge in [0.2, 0.25) is 0 Å². The molecule has 2 rings (SSSR count). The molecule has 6 heteroatoms. The molecule has 0 atom stereocenters. The van der Waals surface area contributed by atoms with E-state index in [2.05, 4.69) is 5.32 Å². The minimum atomic E-state index is -0.868. The van der Waals surface area contributed by atoms with Gasteiger partial charge in [0.05, 0.1) is 16.9 Å². The fourth-order valence-electron chi connectivity index (χ4n) is 1.67. The highest BCUT2D eigenvalue weighted by atomic mass is 127. The summed E-state index contributed by atoms with van der Waals surface area (Å²) in [5, 5.41) is 2.40. The fraction of sp³-hybridized carbons (Fsp3) is 0.0714. The van der Waals surface area contributed by atoms with Crippen LogP contribution in [-0.2, 0) is 0 Å². The summed E-state index contributed by atoms with van der Waals surface area (Å²) in [6.07, 6.45) is 0. The number of carbonyl (C=O) groups is 1. The molecular weight excluding hydrogens is 377 g/mol. The van der Waals surface area contributed by atoms with Gasteiger partial charge in [0.15, 0.2) is 0 Å². The molecule has 2 aromatic carbocycles. The Hall–Kier alpha value is -1.70. The van der Waals surface area contributed by atoms with Gasteiger partial charge in [-0.05, 0) is 47.2 Å². The van der Waals surface area contributed by atoms with Gasteiger partial charge in [-0.25, -0.2) is 8.78 Å². The Bertz CT molecular complexity index is 689. The van der Waals surface area contributed by atoms with Crippen molar-refractivity contribution in [1.29, 1.82) is 0 Å². The molecule has 0 aromatic heterocycles. The van der Waals surface area contributed by atoms with Crippen molar-refractivity contribution in [3.8, 4) is 0 Å². The van der Waals surface area contributed by atoms with Crippen LogP contribution < -0.4 is 11.1 Å². The number of nitrogens with one attached hydrogen (secondary N) is 1. The van der Waals surface area contributed by atoms with Crippen LogP contribution in [0, 0.1) is 22.1 Å². The molecule has 0 bridgehead atoms. The van der Waals surface area contributed by atoms with Gasteiger partial charge in [-0.2, -0.15) is 0 Å². The van der Waals surface area contributed by atoms with Gasteiger partial charge >= 0.3 is 0 Å². The molecule has 0 spiro atoms. The minimum Gasteiger partial charge on any atom is -0.396 e. The summed E-state index contributed by atoms with van der Waals surface area (Å²) >= 11 is 2.04. The zero-order valence-corrected chi connectivity index (χ0v) is 12.7. The van der Waals surface area contributed by atoms with Crippen LogP contribution >= 0.6 is 22.6 Å². The lowest BCUT2D eigenvalue weighted by Gasteiger charge is -2.10. The van der Waals surface area contributed by atoms with Crippen LogP contribution in [0.1, 0.15) is 15.9 Å². The number of hydrogen-bond acceptors (Lipinski definition) is 2. The first kappa shape index (κ1) is 14.7. The molecule has 0 fully saturated rings. The Kier molecular flexibility index (Phi) is 4.22. The molecular formula is C14H11F2IN2O. The number of rotatable bonds is 2. The van der Waals surface area contributed by atoms with Crippen LogP contribution in [0.3, 0.4) is 0 Å². The SMILES string of the molecule is Cc1cccc(C(=O)Nc2cc(N)c(F)cc2F)c1I. The standard InChI is InChI=1S/C14H11F2IN2O/c1-7-3-2-4-8(13(7)17)14(20)19-12-6-11(18)9(15)5-10(12)16/h2-6H,18H2,1H3,(H,19,20). The smallest absolute Gasteiger partial charge is 0.256 e. The summed E-state index contributed by atoms with van der Waals surface area (Å²) in [6.45, 7) is 1.87. The zero-order valence-electron chi connectivity index (χ0n) is 10.5. The maximum Gasteiger partial charge on any atom is 0.256 e. The highest BCUT2D eigenvalue weighted by Crippen LogP contribution is 2.23. The Morgan fingerprint density at radius 3 is 2.65 bits per heavy atom. The first-order chi connectivity index (χ1) is 9.40. The number of amides is 1. The Balaban J connectivity index is 2.33. The number of benzene rings is 2. The van der Waals surface area contributed by atoms with E-state index in [1.165, 1.54) is 0 Å². The Morgan fingerprint density at radius 2 is 1.95 bits per heavy atom. The first-order valence-electron chi connectivity index (χ1n) is 5.71. The quantitative estimate of drug-likeness (QED) is 0.609. The molecule has 0 radical (unpaired) electrons. The fourth-order valence-corrected chi connectivity index (χ4v) is 2.28. The van der Waals surface area contributed by atoms with E-state index in [1.54, 1.807) is 12.1 Å². The molecule has 1 amide bonds. The molecule has 3 N–H and O–H groups in total. The van der Waals surface area contributed by atoms with Crippen molar-refractivity contribution in [3.63, 3.8) is 0 Å². The van der Waals surface area contributed by atoms with E-state index in [0.717, 1.165) is 15.2 Å². The molecule has 0 saturated heterocycles. The maximum atomic E-state index is 13.6. The lowest BCUT2D eigenvalue weighted by molar-refractivity contribution is 0.102. The van der Waals surface area contributed by atoms with Crippen molar-refractivity contribution in [2.24, 2.45) is 0 Å². The summed E-state index contributed by atoms with van der Waals surface area (Å²) in [4.78, 5) is 12.1. The third-order valence-electron chi connectivity index (χ3n) is 2.77. The maximum absolute atomic E-state index is 13.6. The van der Waals surface area contributed by atoms with Crippen molar-refractivity contribution in [2.75, 3.05) is 11.1 Å². The molecule has 20 heavy (non-hydrogen) atoms. The van der Waals surface area contributed by atoms with Gasteiger partial charge in [0.25, 0.3) is 5.91 Å². The molecule has 3 nitrogen and oxygen atoms in total. The second-order valence-electron chi connectivity index (χ2n) is 4.24. The molecule has 0 aliphatic rings. The first-order valence-corrected chi connectivity index (χ1v) is 6.79. The zero-order chi connectivity index (χ0) is 14.9. The lowest BCUT2D eigenvalue weighted by Crippen LogP contribution is -2.15. The molecule has 0 aliphatic heterocycles. The van der Waals surface area contributed by atoms with Crippen molar-refractivity contribution >= 4 is 39.9 Å². The van der Waals surface area contributed by atoms with Crippen LogP contribution in [0.15, 0.2) is 30.3 Å². The second kappa shape index (κ2) is 5.74. The third-order valence-corrected chi connectivity index (χ3v) is 4.20. The molecule has 0 saturated carbocycles. The second-order valence-corrected chi connectivity index (χ2v) is 5.32. The summed E-state index contributed by atoms with van der Waals surface area (Å²) in [6, 6.07) is 6.95. The van der Waals surface area contributed by atoms with Crippen LogP contribution in [-0.4, -0.2) is 5.91 Å².